The molecule has 0 saturated carbocycles. The minimum atomic E-state index is -5.08. The molecule has 0 aromatic carbocycles. The molecule has 0 aromatic heterocycles. The van der Waals surface area contributed by atoms with Crippen molar-refractivity contribution >= 4 is 40.5 Å². The van der Waals surface area contributed by atoms with Crippen molar-refractivity contribution in [1.82, 2.24) is 5.32 Å². The smallest absolute Gasteiger partial charge is 0.475 e. The van der Waals surface area contributed by atoms with Crippen LogP contribution in [0.3, 0.4) is 0 Å². The number of carboxylic acids is 1. The summed E-state index contributed by atoms with van der Waals surface area (Å²) in [6.45, 7) is 3.41. The lowest BCUT2D eigenvalue weighted by Gasteiger charge is -2.11. The van der Waals surface area contributed by atoms with Gasteiger partial charge in [0.15, 0.2) is 0 Å². The molecule has 0 aliphatic carbocycles. The lowest BCUT2D eigenvalue weighted by atomic mass is 10.7. The van der Waals surface area contributed by atoms with Crippen LogP contribution in [-0.2, 0) is 23.9 Å². The fourth-order valence-corrected chi connectivity index (χ4v) is 1.22. The number of alkyl halides is 4. The number of aliphatic carboxylic acids is 1. The van der Waals surface area contributed by atoms with Gasteiger partial charge >= 0.3 is 24.1 Å². The van der Waals surface area contributed by atoms with Gasteiger partial charge < -0.3 is 14.6 Å². The van der Waals surface area contributed by atoms with E-state index < -0.39 is 12.1 Å². The fourth-order valence-electron chi connectivity index (χ4n) is 0.555. The van der Waals surface area contributed by atoms with E-state index in [1.54, 1.807) is 0 Å². The maximum absolute atomic E-state index is 10.6. The largest absolute Gasteiger partial charge is 0.490 e. The lowest BCUT2D eigenvalue weighted by molar-refractivity contribution is -0.192. The molecule has 0 radical (unpaired) electrons. The second kappa shape index (κ2) is 10.7. The highest BCUT2D eigenvalue weighted by molar-refractivity contribution is 14.1. The van der Waals surface area contributed by atoms with Gasteiger partial charge in [0.2, 0.25) is 4.23 Å². The first-order valence-corrected chi connectivity index (χ1v) is 6.19. The topological polar surface area (TPSA) is 102 Å². The summed E-state index contributed by atoms with van der Waals surface area (Å²) >= 11 is 1.92. The molecule has 118 valence electrons. The molecule has 0 aliphatic rings. The van der Waals surface area contributed by atoms with Crippen molar-refractivity contribution in [3.63, 3.8) is 0 Å². The van der Waals surface area contributed by atoms with E-state index in [0.29, 0.717) is 6.54 Å². The molecule has 0 saturated heterocycles. The predicted molar refractivity (Wildman–Crippen MR) is 67.9 cm³/mol. The first-order chi connectivity index (χ1) is 8.96. The fraction of sp³-hybridized carbons (Fsp3) is 0.667. The summed E-state index contributed by atoms with van der Waals surface area (Å²) in [6, 6.07) is 0. The van der Waals surface area contributed by atoms with E-state index in [4.69, 9.17) is 14.6 Å². The summed E-state index contributed by atoms with van der Waals surface area (Å²) in [5.41, 5.74) is 0. The third-order valence-corrected chi connectivity index (χ3v) is 1.92. The van der Waals surface area contributed by atoms with Gasteiger partial charge in [0, 0.05) is 20.4 Å². The number of hydrogen-bond acceptors (Lipinski definition) is 6. The number of ether oxygens (including phenoxy) is 2. The Morgan fingerprint density at radius 1 is 1.25 bits per heavy atom. The number of carbonyl (C=O) groups is 3. The second-order valence-corrected chi connectivity index (χ2v) is 4.15. The van der Waals surface area contributed by atoms with Crippen molar-refractivity contribution in [2.24, 2.45) is 0 Å². The molecule has 0 aliphatic heterocycles. The van der Waals surface area contributed by atoms with Gasteiger partial charge in [0.1, 0.15) is 6.61 Å². The van der Waals surface area contributed by atoms with E-state index in [0.717, 1.165) is 0 Å². The minimum Gasteiger partial charge on any atom is -0.475 e. The number of esters is 2. The summed E-state index contributed by atoms with van der Waals surface area (Å²) in [7, 11) is 0. The average molecular weight is 415 g/mol. The van der Waals surface area contributed by atoms with Gasteiger partial charge in [0.05, 0.1) is 0 Å². The van der Waals surface area contributed by atoms with Gasteiger partial charge in [0.25, 0.3) is 0 Å². The van der Waals surface area contributed by atoms with Crippen molar-refractivity contribution in [1.29, 1.82) is 0 Å². The number of halogens is 4. The SMILES string of the molecule is CC(=O)OCCNC(I)OC(C)=O.O=C(O)C(F)(F)F. The van der Waals surface area contributed by atoms with Crippen molar-refractivity contribution < 1.29 is 42.1 Å². The summed E-state index contributed by atoms with van der Waals surface area (Å²) in [6.07, 6.45) is -5.08. The van der Waals surface area contributed by atoms with Crippen molar-refractivity contribution in [2.45, 2.75) is 24.3 Å². The third-order valence-electron chi connectivity index (χ3n) is 1.22. The zero-order chi connectivity index (χ0) is 16.3. The summed E-state index contributed by atoms with van der Waals surface area (Å²) in [5.74, 6) is -3.42. The average Bonchev–Trinajstić information content (AvgIpc) is 2.22. The molecule has 0 heterocycles. The van der Waals surface area contributed by atoms with Crippen LogP contribution in [0.4, 0.5) is 13.2 Å². The number of carboxylic acid groups (broad SMARTS) is 1. The van der Waals surface area contributed by atoms with Crippen LogP contribution in [0.25, 0.3) is 0 Å². The maximum atomic E-state index is 10.6. The molecule has 1 unspecified atom stereocenters. The first-order valence-electron chi connectivity index (χ1n) is 4.95. The van der Waals surface area contributed by atoms with Crippen LogP contribution in [0.5, 0.6) is 0 Å². The summed E-state index contributed by atoms with van der Waals surface area (Å²) < 4.78 is 40.8. The molecule has 0 aromatic rings. The Labute approximate surface area is 125 Å². The number of nitrogens with one attached hydrogen (secondary N) is 1. The van der Waals surface area contributed by atoms with Gasteiger partial charge in [-0.15, -0.1) is 0 Å². The molecule has 0 rings (SSSR count). The van der Waals surface area contributed by atoms with E-state index in [1.165, 1.54) is 13.8 Å². The molecule has 0 fully saturated rings. The molecule has 11 heteroatoms. The van der Waals surface area contributed by atoms with E-state index in [2.05, 4.69) is 10.1 Å². The Hall–Kier alpha value is -1.11. The van der Waals surface area contributed by atoms with E-state index in [1.807, 2.05) is 22.6 Å². The minimum absolute atomic E-state index is 0.274. The van der Waals surface area contributed by atoms with Crippen molar-refractivity contribution in [3.8, 4) is 0 Å². The zero-order valence-corrected chi connectivity index (χ0v) is 12.6. The monoisotopic (exact) mass is 415 g/mol. The van der Waals surface area contributed by atoms with Gasteiger partial charge in [-0.1, -0.05) is 0 Å². The highest BCUT2D eigenvalue weighted by Gasteiger charge is 2.38. The lowest BCUT2D eigenvalue weighted by Crippen LogP contribution is -2.30. The highest BCUT2D eigenvalue weighted by atomic mass is 127. The van der Waals surface area contributed by atoms with Gasteiger partial charge in [-0.3, -0.25) is 14.9 Å². The third kappa shape index (κ3) is 16.9. The Morgan fingerprint density at radius 2 is 1.70 bits per heavy atom. The molecular formula is C9H13F3INO6. The van der Waals surface area contributed by atoms with Crippen LogP contribution in [0, 0.1) is 0 Å². The molecule has 2 N–H and O–H groups in total. The number of carbonyl (C=O) groups excluding carboxylic acids is 2. The Balaban J connectivity index is 0. The van der Waals surface area contributed by atoms with Crippen LogP contribution >= 0.6 is 22.6 Å². The molecule has 0 spiro atoms. The molecule has 0 bridgehead atoms. The Morgan fingerprint density at radius 3 is 2.00 bits per heavy atom. The van der Waals surface area contributed by atoms with Crippen LogP contribution in [0.15, 0.2) is 0 Å². The van der Waals surface area contributed by atoms with Crippen LogP contribution < -0.4 is 5.32 Å². The summed E-state index contributed by atoms with van der Waals surface area (Å²) in [4.78, 5) is 29.7. The maximum Gasteiger partial charge on any atom is 0.490 e. The Kier molecular flexibility index (Phi) is 11.3. The number of hydrogen-bond donors (Lipinski definition) is 2. The van der Waals surface area contributed by atoms with Gasteiger partial charge in [-0.05, 0) is 22.6 Å². The Bertz CT molecular complexity index is 336. The van der Waals surface area contributed by atoms with Gasteiger partial charge in [-0.2, -0.15) is 13.2 Å². The normalized spacial score (nSPS) is 11.7. The standard InChI is InChI=1S/C7H12INO4.C2HF3O2/c1-5(10)12-4-3-9-7(8)13-6(2)11;3-2(4,5)1(6)7/h7,9H,3-4H2,1-2H3;(H,6,7). The molecule has 0 amide bonds. The quantitative estimate of drug-likeness (QED) is 0.173. The van der Waals surface area contributed by atoms with E-state index in [9.17, 15) is 22.8 Å². The molecule has 7 nitrogen and oxygen atoms in total. The van der Waals surface area contributed by atoms with Crippen LogP contribution in [0.2, 0.25) is 0 Å². The first kappa shape index (κ1) is 21.2. The molecule has 20 heavy (non-hydrogen) atoms. The van der Waals surface area contributed by atoms with E-state index in [-0.39, 0.29) is 22.8 Å². The highest BCUT2D eigenvalue weighted by Crippen LogP contribution is 2.13. The van der Waals surface area contributed by atoms with Gasteiger partial charge in [-0.25, -0.2) is 4.79 Å². The van der Waals surface area contributed by atoms with Crippen molar-refractivity contribution in [3.05, 3.63) is 0 Å². The van der Waals surface area contributed by atoms with Crippen LogP contribution in [0.1, 0.15) is 13.8 Å². The molecule has 1 atom stereocenters. The predicted octanol–water partition coefficient (Wildman–Crippen LogP) is 1.05. The summed E-state index contributed by atoms with van der Waals surface area (Å²) in [5, 5.41) is 9.96. The van der Waals surface area contributed by atoms with E-state index >= 15 is 0 Å². The number of rotatable bonds is 5. The second-order valence-electron chi connectivity index (χ2n) is 3.02. The van der Waals surface area contributed by atoms with Crippen LogP contribution in [-0.4, -0.2) is 46.6 Å². The molecular weight excluding hydrogens is 402 g/mol. The van der Waals surface area contributed by atoms with Crippen molar-refractivity contribution in [2.75, 3.05) is 13.2 Å². The zero-order valence-electron chi connectivity index (χ0n) is 10.5.